The van der Waals surface area contributed by atoms with Gasteiger partial charge in [0.15, 0.2) is 11.6 Å². The van der Waals surface area contributed by atoms with Crippen LogP contribution in [0.3, 0.4) is 0 Å². The van der Waals surface area contributed by atoms with Crippen LogP contribution in [0.25, 0.3) is 5.57 Å². The summed E-state index contributed by atoms with van der Waals surface area (Å²) in [4.78, 5) is 0. The average molecular weight is 404 g/mol. The summed E-state index contributed by atoms with van der Waals surface area (Å²) >= 11 is 0. The molecule has 0 aliphatic heterocycles. The maximum atomic E-state index is 14.4. The first-order valence-corrected chi connectivity index (χ1v) is 9.84. The molecule has 1 unspecified atom stereocenters. The monoisotopic (exact) mass is 404 g/mol. The molecule has 1 aliphatic rings. The molecule has 5 heteroatoms. The largest absolute Gasteiger partial charge is 0.432 e. The lowest BCUT2D eigenvalue weighted by atomic mass is 9.70. The minimum absolute atomic E-state index is 0.290. The Bertz CT molecular complexity index is 904. The lowest BCUT2D eigenvalue weighted by molar-refractivity contribution is -0.0522. The quantitative estimate of drug-likeness (QED) is 0.328. The molecule has 0 fully saturated rings. The van der Waals surface area contributed by atoms with Gasteiger partial charge in [-0.2, -0.15) is 8.78 Å². The van der Waals surface area contributed by atoms with Gasteiger partial charge >= 0.3 is 6.61 Å². The van der Waals surface area contributed by atoms with Crippen molar-refractivity contribution in [3.8, 4) is 5.75 Å². The van der Waals surface area contributed by atoms with Crippen LogP contribution < -0.4 is 4.74 Å². The van der Waals surface area contributed by atoms with E-state index in [2.05, 4.69) is 11.7 Å². The highest BCUT2D eigenvalue weighted by atomic mass is 19.3. The average Bonchev–Trinajstić information content (AvgIpc) is 2.70. The molecule has 0 radical (unpaired) electrons. The van der Waals surface area contributed by atoms with Crippen molar-refractivity contribution in [1.82, 2.24) is 0 Å². The molecule has 0 bridgehead atoms. The van der Waals surface area contributed by atoms with Gasteiger partial charge in [0.05, 0.1) is 0 Å². The summed E-state index contributed by atoms with van der Waals surface area (Å²) in [5.41, 5.74) is 1.55. The van der Waals surface area contributed by atoms with E-state index in [1.54, 1.807) is 24.3 Å². The molecule has 0 heterocycles. The lowest BCUT2D eigenvalue weighted by Gasteiger charge is -2.33. The van der Waals surface area contributed by atoms with Gasteiger partial charge in [0.25, 0.3) is 0 Å². The third-order valence-electron chi connectivity index (χ3n) is 5.40. The summed E-state index contributed by atoms with van der Waals surface area (Å²) in [6.07, 6.45) is 10.2. The molecule has 0 saturated heterocycles. The van der Waals surface area contributed by atoms with Crippen molar-refractivity contribution in [2.75, 3.05) is 0 Å². The fraction of sp³-hybridized carbons (Fsp3) is 0.333. The normalized spacial score (nSPS) is 18.8. The smallest absolute Gasteiger partial charge is 0.387 e. The third-order valence-corrected chi connectivity index (χ3v) is 5.40. The van der Waals surface area contributed by atoms with E-state index in [9.17, 15) is 17.6 Å². The van der Waals surface area contributed by atoms with Gasteiger partial charge in [0, 0.05) is 11.0 Å². The fourth-order valence-electron chi connectivity index (χ4n) is 3.81. The van der Waals surface area contributed by atoms with Crippen molar-refractivity contribution in [2.45, 2.75) is 51.1 Å². The Morgan fingerprint density at radius 2 is 1.83 bits per heavy atom. The Balaban J connectivity index is 1.91. The summed E-state index contributed by atoms with van der Waals surface area (Å²) in [5.74, 6) is -1.56. The highest BCUT2D eigenvalue weighted by Crippen LogP contribution is 2.42. The van der Waals surface area contributed by atoms with Crippen LogP contribution in [-0.4, -0.2) is 6.61 Å². The Kier molecular flexibility index (Phi) is 6.78. The predicted molar refractivity (Wildman–Crippen MR) is 107 cm³/mol. The zero-order valence-electron chi connectivity index (χ0n) is 16.3. The van der Waals surface area contributed by atoms with Crippen LogP contribution in [0, 0.1) is 11.6 Å². The van der Waals surface area contributed by atoms with Crippen LogP contribution in [0.1, 0.15) is 50.2 Å². The first-order chi connectivity index (χ1) is 13.9. The van der Waals surface area contributed by atoms with Crippen LogP contribution in [0.4, 0.5) is 17.6 Å². The van der Waals surface area contributed by atoms with E-state index in [4.69, 9.17) is 0 Å². The molecule has 0 spiro atoms. The molecule has 154 valence electrons. The van der Waals surface area contributed by atoms with Gasteiger partial charge in [-0.15, -0.1) is 0 Å². The van der Waals surface area contributed by atoms with Gasteiger partial charge in [-0.05, 0) is 42.2 Å². The van der Waals surface area contributed by atoms with E-state index in [1.165, 1.54) is 18.2 Å². The van der Waals surface area contributed by atoms with E-state index in [1.807, 2.05) is 18.2 Å². The van der Waals surface area contributed by atoms with E-state index in [-0.39, 0.29) is 5.82 Å². The van der Waals surface area contributed by atoms with Crippen molar-refractivity contribution in [3.05, 3.63) is 83.5 Å². The van der Waals surface area contributed by atoms with Crippen LogP contribution >= 0.6 is 0 Å². The number of allylic oxidation sites excluding steroid dienone is 4. The zero-order chi connectivity index (χ0) is 20.9. The fourth-order valence-corrected chi connectivity index (χ4v) is 3.81. The molecular weight excluding hydrogens is 380 g/mol. The topological polar surface area (TPSA) is 9.23 Å². The van der Waals surface area contributed by atoms with Gasteiger partial charge in [-0.25, -0.2) is 8.78 Å². The number of ether oxygens (including phenoxy) is 1. The molecule has 1 nitrogen and oxygen atoms in total. The van der Waals surface area contributed by atoms with Gasteiger partial charge in [0.2, 0.25) is 0 Å². The maximum absolute atomic E-state index is 14.4. The second kappa shape index (κ2) is 9.29. The molecule has 2 aromatic rings. The number of unbranched alkanes of at least 4 members (excludes halogenated alkanes) is 2. The Morgan fingerprint density at radius 3 is 2.45 bits per heavy atom. The zero-order valence-corrected chi connectivity index (χ0v) is 16.3. The maximum Gasteiger partial charge on any atom is 0.387 e. The Hall–Kier alpha value is -2.56. The number of hydrogen-bond acceptors (Lipinski definition) is 1. The highest BCUT2D eigenvalue weighted by Gasteiger charge is 2.31. The summed E-state index contributed by atoms with van der Waals surface area (Å²) in [6.45, 7) is -0.967. The second-order valence-corrected chi connectivity index (χ2v) is 7.31. The number of hydrogen-bond donors (Lipinski definition) is 0. The third kappa shape index (κ3) is 4.89. The Labute approximate surface area is 168 Å². The minimum Gasteiger partial charge on any atom is -0.432 e. The number of halogens is 4. The summed E-state index contributed by atoms with van der Waals surface area (Å²) in [6, 6.07) is 10.7. The van der Waals surface area contributed by atoms with Crippen molar-refractivity contribution in [1.29, 1.82) is 0 Å². The molecule has 0 saturated carbocycles. The van der Waals surface area contributed by atoms with E-state index < -0.39 is 23.6 Å². The minimum atomic E-state index is -3.07. The van der Waals surface area contributed by atoms with E-state index >= 15 is 0 Å². The van der Waals surface area contributed by atoms with Crippen LogP contribution in [-0.2, 0) is 5.41 Å². The van der Waals surface area contributed by atoms with Crippen LogP contribution in [0.5, 0.6) is 5.75 Å². The molecular formula is C24H24F4O. The van der Waals surface area contributed by atoms with Gasteiger partial charge in [-0.3, -0.25) is 0 Å². The van der Waals surface area contributed by atoms with Gasteiger partial charge in [0.1, 0.15) is 5.82 Å². The first kappa shape index (κ1) is 21.2. The van der Waals surface area contributed by atoms with Crippen molar-refractivity contribution >= 4 is 5.57 Å². The molecule has 29 heavy (non-hydrogen) atoms. The molecule has 3 rings (SSSR count). The van der Waals surface area contributed by atoms with Crippen LogP contribution in [0.2, 0.25) is 0 Å². The molecule has 1 aliphatic carbocycles. The molecule has 0 amide bonds. The van der Waals surface area contributed by atoms with Crippen molar-refractivity contribution in [3.63, 3.8) is 0 Å². The van der Waals surface area contributed by atoms with Gasteiger partial charge < -0.3 is 4.74 Å². The predicted octanol–water partition coefficient (Wildman–Crippen LogP) is 7.43. The molecule has 2 aromatic carbocycles. The van der Waals surface area contributed by atoms with Crippen LogP contribution in [0.15, 0.2) is 60.7 Å². The van der Waals surface area contributed by atoms with Crippen molar-refractivity contribution < 1.29 is 22.3 Å². The second-order valence-electron chi connectivity index (χ2n) is 7.31. The molecule has 0 aromatic heterocycles. The Morgan fingerprint density at radius 1 is 1.03 bits per heavy atom. The SMILES string of the molecule is CCCCCC1(c2ccc(OC(F)F)c(F)c2)C=CC(c2ccccc2F)=CC1. The number of benzene rings is 2. The molecule has 1 atom stereocenters. The van der Waals surface area contributed by atoms with Gasteiger partial charge in [-0.1, -0.05) is 68.7 Å². The number of alkyl halides is 2. The number of rotatable bonds is 8. The summed E-state index contributed by atoms with van der Waals surface area (Å²) in [7, 11) is 0. The van der Waals surface area contributed by atoms with E-state index in [0.29, 0.717) is 17.5 Å². The standard InChI is InChI=1S/C24H24F4O/c1-2-3-6-13-24(18-9-10-22(21(26)16-18)29-23(27)28)14-11-17(12-15-24)19-7-4-5-8-20(19)25/h4-5,7-12,14,16,23H,2-3,6,13,15H2,1H3. The van der Waals surface area contributed by atoms with E-state index in [0.717, 1.165) is 31.3 Å². The summed E-state index contributed by atoms with van der Waals surface area (Å²) in [5, 5.41) is 0. The lowest BCUT2D eigenvalue weighted by Crippen LogP contribution is -2.25. The summed E-state index contributed by atoms with van der Waals surface area (Å²) < 4.78 is 57.6. The van der Waals surface area contributed by atoms with Crippen molar-refractivity contribution in [2.24, 2.45) is 0 Å². The highest BCUT2D eigenvalue weighted by molar-refractivity contribution is 5.76. The molecule has 0 N–H and O–H groups in total. The first-order valence-electron chi connectivity index (χ1n) is 9.84.